The Morgan fingerprint density at radius 1 is 1.09 bits per heavy atom. The molecule has 168 valence electrons. The number of ether oxygens (including phenoxy) is 1. The maximum Gasteiger partial charge on any atom is 0.337 e. The van der Waals surface area contributed by atoms with Crippen molar-refractivity contribution in [2.45, 2.75) is 52.1 Å². The van der Waals surface area contributed by atoms with Crippen LogP contribution in [0.15, 0.2) is 48.5 Å². The molecule has 0 bridgehead atoms. The number of amides is 3. The van der Waals surface area contributed by atoms with Gasteiger partial charge in [0.15, 0.2) is 0 Å². The van der Waals surface area contributed by atoms with Gasteiger partial charge in [-0.1, -0.05) is 24.6 Å². The van der Waals surface area contributed by atoms with Crippen LogP contribution in [0.25, 0.3) is 0 Å². The lowest BCUT2D eigenvalue weighted by atomic mass is 9.94. The van der Waals surface area contributed by atoms with Crippen LogP contribution >= 0.6 is 0 Å². The molecule has 7 heteroatoms. The number of carbonyl (C=O) groups excluding carboxylic acids is 4. The van der Waals surface area contributed by atoms with Crippen molar-refractivity contribution in [1.29, 1.82) is 0 Å². The predicted molar refractivity (Wildman–Crippen MR) is 120 cm³/mol. The highest BCUT2D eigenvalue weighted by molar-refractivity contribution is 6.23. The minimum atomic E-state index is -0.911. The summed E-state index contributed by atoms with van der Waals surface area (Å²) in [6.45, 7) is 7.63. The first kappa shape index (κ1) is 23.2. The van der Waals surface area contributed by atoms with Gasteiger partial charge in [0.05, 0.1) is 24.8 Å². The maximum absolute atomic E-state index is 13.5. The van der Waals surface area contributed by atoms with Gasteiger partial charge in [-0.3, -0.25) is 14.4 Å². The number of hydrogen-bond donors (Lipinski definition) is 0. The molecule has 7 nitrogen and oxygen atoms in total. The molecule has 32 heavy (non-hydrogen) atoms. The summed E-state index contributed by atoms with van der Waals surface area (Å²) in [6, 6.07) is 12.4. The zero-order chi connectivity index (χ0) is 23.6. The Balaban J connectivity index is 1.97. The van der Waals surface area contributed by atoms with Gasteiger partial charge in [0, 0.05) is 11.1 Å². The Morgan fingerprint density at radius 3 is 2.31 bits per heavy atom. The van der Waals surface area contributed by atoms with E-state index in [1.54, 1.807) is 23.1 Å². The van der Waals surface area contributed by atoms with Crippen molar-refractivity contribution in [3.63, 3.8) is 0 Å². The lowest BCUT2D eigenvalue weighted by Crippen LogP contribution is -2.55. The Labute approximate surface area is 188 Å². The smallest absolute Gasteiger partial charge is 0.337 e. The lowest BCUT2D eigenvalue weighted by Gasteiger charge is -2.41. The monoisotopic (exact) mass is 436 g/mol. The van der Waals surface area contributed by atoms with Crippen LogP contribution in [-0.4, -0.2) is 47.3 Å². The molecule has 1 saturated heterocycles. The first-order chi connectivity index (χ1) is 15.1. The van der Waals surface area contributed by atoms with Crippen molar-refractivity contribution in [2.75, 3.05) is 12.0 Å². The van der Waals surface area contributed by atoms with Crippen LogP contribution in [-0.2, 0) is 14.3 Å². The van der Waals surface area contributed by atoms with E-state index in [4.69, 9.17) is 0 Å². The van der Waals surface area contributed by atoms with Gasteiger partial charge in [-0.25, -0.2) is 9.69 Å². The largest absolute Gasteiger partial charge is 0.465 e. The van der Waals surface area contributed by atoms with Crippen molar-refractivity contribution in [1.82, 2.24) is 4.90 Å². The number of benzene rings is 2. The summed E-state index contributed by atoms with van der Waals surface area (Å²) in [5, 5.41) is 0. The van der Waals surface area contributed by atoms with Gasteiger partial charge < -0.3 is 9.64 Å². The van der Waals surface area contributed by atoms with Crippen LogP contribution in [0.3, 0.4) is 0 Å². The van der Waals surface area contributed by atoms with Crippen LogP contribution in [0.4, 0.5) is 5.69 Å². The van der Waals surface area contributed by atoms with E-state index >= 15 is 0 Å². The third kappa shape index (κ3) is 4.28. The van der Waals surface area contributed by atoms with Gasteiger partial charge in [0.1, 0.15) is 6.04 Å². The molecule has 3 rings (SSSR count). The number of methoxy groups -OCH3 is 1. The molecule has 2 aromatic carbocycles. The normalized spacial score (nSPS) is 16.3. The molecular weight excluding hydrogens is 408 g/mol. The number of hydrogen-bond acceptors (Lipinski definition) is 5. The highest BCUT2D eigenvalue weighted by Crippen LogP contribution is 2.32. The molecule has 1 atom stereocenters. The molecule has 1 aliphatic rings. The molecule has 0 aliphatic carbocycles. The molecule has 0 spiro atoms. The van der Waals surface area contributed by atoms with Crippen molar-refractivity contribution >= 4 is 29.4 Å². The lowest BCUT2D eigenvalue weighted by molar-refractivity contribution is -0.123. The fourth-order valence-corrected chi connectivity index (χ4v) is 3.88. The molecule has 0 saturated carbocycles. The number of nitrogens with zero attached hydrogens (tertiary/aromatic N) is 2. The van der Waals surface area contributed by atoms with Crippen LogP contribution < -0.4 is 4.90 Å². The highest BCUT2D eigenvalue weighted by Gasteiger charge is 2.48. The zero-order valence-electron chi connectivity index (χ0n) is 19.0. The van der Waals surface area contributed by atoms with E-state index in [1.807, 2.05) is 33.8 Å². The topological polar surface area (TPSA) is 84.0 Å². The molecular formula is C25H28N2O5. The number of imide groups is 1. The van der Waals surface area contributed by atoms with Gasteiger partial charge >= 0.3 is 5.97 Å². The van der Waals surface area contributed by atoms with Crippen LogP contribution in [0, 0.1) is 6.92 Å². The number of esters is 1. The number of carbonyl (C=O) groups is 4. The van der Waals surface area contributed by atoms with Crippen LogP contribution in [0.1, 0.15) is 59.9 Å². The fourth-order valence-electron chi connectivity index (χ4n) is 3.88. The molecule has 2 aromatic rings. The SMILES string of the molecule is CCC(C)(C)N(C(=O)c1cccc(C)c1)C1CC(=O)N(c2ccc(C(=O)OC)cc2)C1=O. The van der Waals surface area contributed by atoms with Crippen molar-refractivity contribution in [2.24, 2.45) is 0 Å². The van der Waals surface area contributed by atoms with Crippen LogP contribution in [0.5, 0.6) is 0 Å². The minimum absolute atomic E-state index is 0.0986. The second kappa shape index (κ2) is 8.94. The van der Waals surface area contributed by atoms with Gasteiger partial charge in [-0.05, 0) is 63.6 Å². The summed E-state index contributed by atoms with van der Waals surface area (Å²) in [7, 11) is 1.28. The van der Waals surface area contributed by atoms with Gasteiger partial charge in [0.2, 0.25) is 5.91 Å². The number of aryl methyl sites for hydroxylation is 1. The van der Waals surface area contributed by atoms with Crippen molar-refractivity contribution < 1.29 is 23.9 Å². The summed E-state index contributed by atoms with van der Waals surface area (Å²) in [5.74, 6) is -1.63. The second-order valence-corrected chi connectivity index (χ2v) is 8.54. The van der Waals surface area contributed by atoms with E-state index in [0.29, 0.717) is 23.2 Å². The summed E-state index contributed by atoms with van der Waals surface area (Å²) in [5.41, 5.74) is 1.44. The van der Waals surface area contributed by atoms with Crippen molar-refractivity contribution in [3.8, 4) is 0 Å². The fraction of sp³-hybridized carbons (Fsp3) is 0.360. The zero-order valence-corrected chi connectivity index (χ0v) is 19.0. The van der Waals surface area contributed by atoms with E-state index in [2.05, 4.69) is 4.74 Å². The van der Waals surface area contributed by atoms with E-state index in [-0.39, 0.29) is 18.2 Å². The van der Waals surface area contributed by atoms with E-state index in [1.165, 1.54) is 31.4 Å². The Bertz CT molecular complexity index is 1060. The van der Waals surface area contributed by atoms with Crippen LogP contribution in [0.2, 0.25) is 0 Å². The maximum atomic E-state index is 13.5. The molecule has 1 heterocycles. The molecule has 0 radical (unpaired) electrons. The molecule has 1 unspecified atom stereocenters. The van der Waals surface area contributed by atoms with Crippen molar-refractivity contribution in [3.05, 3.63) is 65.2 Å². The standard InChI is InChI=1S/C25H28N2O5/c1-6-25(3,4)27(22(29)18-9-7-8-16(2)14-18)20-15-21(28)26(23(20)30)19-12-10-17(11-13-19)24(31)32-5/h7-14,20H,6,15H2,1-5H3. The quantitative estimate of drug-likeness (QED) is 0.509. The van der Waals surface area contributed by atoms with E-state index < -0.39 is 23.5 Å². The molecule has 1 fully saturated rings. The second-order valence-electron chi connectivity index (χ2n) is 8.54. The first-order valence-electron chi connectivity index (χ1n) is 10.6. The Kier molecular flexibility index (Phi) is 6.48. The third-order valence-corrected chi connectivity index (χ3v) is 5.98. The molecule has 3 amide bonds. The molecule has 0 N–H and O–H groups in total. The van der Waals surface area contributed by atoms with Gasteiger partial charge in [0.25, 0.3) is 11.8 Å². The molecule has 0 aromatic heterocycles. The summed E-state index contributed by atoms with van der Waals surface area (Å²) in [6.07, 6.45) is 0.509. The van der Waals surface area contributed by atoms with E-state index in [9.17, 15) is 19.2 Å². The highest BCUT2D eigenvalue weighted by atomic mass is 16.5. The summed E-state index contributed by atoms with van der Waals surface area (Å²) in [4.78, 5) is 54.1. The Hall–Kier alpha value is -3.48. The average molecular weight is 437 g/mol. The number of anilines is 1. The van der Waals surface area contributed by atoms with Gasteiger partial charge in [-0.2, -0.15) is 0 Å². The number of rotatable bonds is 6. The van der Waals surface area contributed by atoms with E-state index in [0.717, 1.165) is 10.5 Å². The predicted octanol–water partition coefficient (Wildman–Crippen LogP) is 3.74. The van der Waals surface area contributed by atoms with Gasteiger partial charge in [-0.15, -0.1) is 0 Å². The summed E-state index contributed by atoms with van der Waals surface area (Å²) < 4.78 is 4.69. The first-order valence-corrected chi connectivity index (χ1v) is 10.6. The third-order valence-electron chi connectivity index (χ3n) is 5.98. The average Bonchev–Trinajstić information content (AvgIpc) is 3.06. The minimum Gasteiger partial charge on any atom is -0.465 e. The molecule has 1 aliphatic heterocycles. The Morgan fingerprint density at radius 2 is 1.75 bits per heavy atom. The summed E-state index contributed by atoms with van der Waals surface area (Å²) >= 11 is 0.